The summed E-state index contributed by atoms with van der Waals surface area (Å²) in [5.41, 5.74) is 0. The molecule has 0 saturated heterocycles. The summed E-state index contributed by atoms with van der Waals surface area (Å²) in [6, 6.07) is 5.29. The van der Waals surface area contributed by atoms with Gasteiger partial charge >= 0.3 is 0 Å². The highest BCUT2D eigenvalue weighted by Gasteiger charge is 2.10. The van der Waals surface area contributed by atoms with E-state index in [-0.39, 0.29) is 5.82 Å². The minimum Gasteiger partial charge on any atom is -0.489 e. The molecule has 14 heavy (non-hydrogen) atoms. The van der Waals surface area contributed by atoms with Gasteiger partial charge in [-0.3, -0.25) is 0 Å². The Labute approximate surface area is 86.1 Å². The van der Waals surface area contributed by atoms with Crippen LogP contribution in [0.25, 0.3) is 10.1 Å². The SMILES string of the molecule is CCOc1c(F)ccc2cc(C)sc12. The molecule has 0 bridgehead atoms. The molecular weight excluding hydrogens is 199 g/mol. The topological polar surface area (TPSA) is 9.23 Å². The largest absolute Gasteiger partial charge is 0.489 e. The maximum absolute atomic E-state index is 13.4. The van der Waals surface area contributed by atoms with Crippen molar-refractivity contribution in [2.45, 2.75) is 13.8 Å². The summed E-state index contributed by atoms with van der Waals surface area (Å²) >= 11 is 1.57. The third kappa shape index (κ3) is 1.48. The lowest BCUT2D eigenvalue weighted by Crippen LogP contribution is -1.94. The molecular formula is C11H11FOS. The van der Waals surface area contributed by atoms with E-state index < -0.39 is 0 Å². The molecule has 2 aromatic rings. The Morgan fingerprint density at radius 2 is 2.21 bits per heavy atom. The van der Waals surface area contributed by atoms with Gasteiger partial charge in [0.1, 0.15) is 0 Å². The first kappa shape index (κ1) is 9.46. The van der Waals surface area contributed by atoms with Crippen LogP contribution in [0.2, 0.25) is 0 Å². The summed E-state index contributed by atoms with van der Waals surface area (Å²) in [6.07, 6.45) is 0. The summed E-state index contributed by atoms with van der Waals surface area (Å²) in [7, 11) is 0. The Bertz CT molecular complexity index is 462. The molecule has 1 aromatic heterocycles. The molecule has 2 rings (SSSR count). The third-order valence-corrected chi connectivity index (χ3v) is 3.07. The highest BCUT2D eigenvalue weighted by atomic mass is 32.1. The van der Waals surface area contributed by atoms with Crippen molar-refractivity contribution in [1.82, 2.24) is 0 Å². The maximum atomic E-state index is 13.4. The second-order valence-electron chi connectivity index (χ2n) is 3.08. The van der Waals surface area contributed by atoms with Gasteiger partial charge in [0.15, 0.2) is 11.6 Å². The number of fused-ring (bicyclic) bond motifs is 1. The zero-order valence-corrected chi connectivity index (χ0v) is 8.95. The molecule has 0 fully saturated rings. The third-order valence-electron chi connectivity index (χ3n) is 2.01. The van der Waals surface area contributed by atoms with Crippen molar-refractivity contribution in [2.75, 3.05) is 6.61 Å². The Balaban J connectivity index is 2.68. The summed E-state index contributed by atoms with van der Waals surface area (Å²) < 4.78 is 19.6. The van der Waals surface area contributed by atoms with Gasteiger partial charge in [0.25, 0.3) is 0 Å². The summed E-state index contributed by atoms with van der Waals surface area (Å²) in [5.74, 6) is 0.115. The number of hydrogen-bond donors (Lipinski definition) is 0. The molecule has 1 aromatic carbocycles. The van der Waals surface area contributed by atoms with Crippen LogP contribution in [0.5, 0.6) is 5.75 Å². The Morgan fingerprint density at radius 3 is 2.93 bits per heavy atom. The van der Waals surface area contributed by atoms with E-state index >= 15 is 0 Å². The number of halogens is 1. The highest BCUT2D eigenvalue weighted by Crippen LogP contribution is 2.35. The molecule has 0 aliphatic carbocycles. The van der Waals surface area contributed by atoms with Crippen LogP contribution >= 0.6 is 11.3 Å². The van der Waals surface area contributed by atoms with E-state index in [0.717, 1.165) is 10.1 Å². The van der Waals surface area contributed by atoms with Crippen LogP contribution in [0.3, 0.4) is 0 Å². The summed E-state index contributed by atoms with van der Waals surface area (Å²) in [6.45, 7) is 4.37. The second kappa shape index (κ2) is 3.58. The predicted molar refractivity (Wildman–Crippen MR) is 57.7 cm³/mol. The van der Waals surface area contributed by atoms with E-state index in [1.165, 1.54) is 10.9 Å². The van der Waals surface area contributed by atoms with Crippen LogP contribution < -0.4 is 4.74 Å². The molecule has 0 radical (unpaired) electrons. The van der Waals surface area contributed by atoms with Crippen LogP contribution in [-0.2, 0) is 0 Å². The van der Waals surface area contributed by atoms with Crippen molar-refractivity contribution in [1.29, 1.82) is 0 Å². The lowest BCUT2D eigenvalue weighted by Gasteiger charge is -2.04. The first-order valence-corrected chi connectivity index (χ1v) is 5.35. The molecule has 0 aliphatic rings. The minimum atomic E-state index is -0.277. The van der Waals surface area contributed by atoms with Gasteiger partial charge in [0.05, 0.1) is 11.3 Å². The van der Waals surface area contributed by atoms with Gasteiger partial charge in [-0.15, -0.1) is 11.3 Å². The van der Waals surface area contributed by atoms with Crippen LogP contribution in [0.15, 0.2) is 18.2 Å². The fourth-order valence-electron chi connectivity index (χ4n) is 1.46. The van der Waals surface area contributed by atoms with Crippen LogP contribution in [0, 0.1) is 12.7 Å². The van der Waals surface area contributed by atoms with Crippen molar-refractivity contribution in [3.63, 3.8) is 0 Å². The van der Waals surface area contributed by atoms with Crippen molar-refractivity contribution in [3.8, 4) is 5.75 Å². The van der Waals surface area contributed by atoms with Crippen molar-refractivity contribution in [3.05, 3.63) is 28.9 Å². The van der Waals surface area contributed by atoms with Crippen LogP contribution in [0.1, 0.15) is 11.8 Å². The monoisotopic (exact) mass is 210 g/mol. The zero-order valence-electron chi connectivity index (χ0n) is 8.13. The normalized spacial score (nSPS) is 10.8. The van der Waals surface area contributed by atoms with Crippen LogP contribution in [-0.4, -0.2) is 6.61 Å². The molecule has 0 amide bonds. The fraction of sp³-hybridized carbons (Fsp3) is 0.273. The predicted octanol–water partition coefficient (Wildman–Crippen LogP) is 3.75. The van der Waals surface area contributed by atoms with E-state index in [1.54, 1.807) is 17.4 Å². The number of ether oxygens (including phenoxy) is 1. The molecule has 0 aliphatic heterocycles. The molecule has 0 saturated carbocycles. The first-order chi connectivity index (χ1) is 6.72. The number of hydrogen-bond acceptors (Lipinski definition) is 2. The fourth-order valence-corrected chi connectivity index (χ4v) is 2.46. The van der Waals surface area contributed by atoms with E-state index in [4.69, 9.17) is 4.74 Å². The molecule has 0 unspecified atom stereocenters. The lowest BCUT2D eigenvalue weighted by molar-refractivity contribution is 0.326. The van der Waals surface area contributed by atoms with Gasteiger partial charge in [0, 0.05) is 4.88 Å². The average Bonchev–Trinajstić information content (AvgIpc) is 2.51. The van der Waals surface area contributed by atoms with Gasteiger partial charge < -0.3 is 4.74 Å². The van der Waals surface area contributed by atoms with Gasteiger partial charge in [-0.2, -0.15) is 0 Å². The minimum absolute atomic E-state index is 0.277. The number of thiophene rings is 1. The molecule has 1 nitrogen and oxygen atoms in total. The summed E-state index contributed by atoms with van der Waals surface area (Å²) in [5, 5.41) is 1.05. The zero-order chi connectivity index (χ0) is 10.1. The molecule has 3 heteroatoms. The van der Waals surface area contributed by atoms with Crippen molar-refractivity contribution >= 4 is 21.4 Å². The van der Waals surface area contributed by atoms with E-state index in [2.05, 4.69) is 0 Å². The number of aryl methyl sites for hydroxylation is 1. The Hall–Kier alpha value is -1.09. The molecule has 74 valence electrons. The molecule has 0 spiro atoms. The second-order valence-corrected chi connectivity index (χ2v) is 4.34. The van der Waals surface area contributed by atoms with Crippen molar-refractivity contribution < 1.29 is 9.13 Å². The average molecular weight is 210 g/mol. The van der Waals surface area contributed by atoms with Crippen molar-refractivity contribution in [2.24, 2.45) is 0 Å². The lowest BCUT2D eigenvalue weighted by atomic mass is 10.2. The smallest absolute Gasteiger partial charge is 0.172 e. The van der Waals surface area contributed by atoms with Gasteiger partial charge in [-0.1, -0.05) is 6.07 Å². The molecule has 0 atom stereocenters. The van der Waals surface area contributed by atoms with E-state index in [9.17, 15) is 4.39 Å². The van der Waals surface area contributed by atoms with Gasteiger partial charge in [0.2, 0.25) is 0 Å². The summed E-state index contributed by atoms with van der Waals surface area (Å²) in [4.78, 5) is 1.17. The Kier molecular flexibility index (Phi) is 2.42. The van der Waals surface area contributed by atoms with E-state index in [0.29, 0.717) is 12.4 Å². The first-order valence-electron chi connectivity index (χ1n) is 4.54. The standard InChI is InChI=1S/C11H11FOS/c1-3-13-10-9(12)5-4-8-6-7(2)14-11(8)10/h4-6H,3H2,1-2H3. The van der Waals surface area contributed by atoms with Gasteiger partial charge in [-0.05, 0) is 31.4 Å². The number of rotatable bonds is 2. The quantitative estimate of drug-likeness (QED) is 0.733. The van der Waals surface area contributed by atoms with Gasteiger partial charge in [-0.25, -0.2) is 4.39 Å². The number of benzene rings is 1. The highest BCUT2D eigenvalue weighted by molar-refractivity contribution is 7.19. The Morgan fingerprint density at radius 1 is 1.43 bits per heavy atom. The van der Waals surface area contributed by atoms with E-state index in [1.807, 2.05) is 19.9 Å². The maximum Gasteiger partial charge on any atom is 0.172 e. The molecule has 1 heterocycles. The molecule has 0 N–H and O–H groups in total. The van der Waals surface area contributed by atoms with Crippen LogP contribution in [0.4, 0.5) is 4.39 Å².